The van der Waals surface area contributed by atoms with Crippen LogP contribution < -0.4 is 27.0 Å². The van der Waals surface area contributed by atoms with Gasteiger partial charge in [-0.1, -0.05) is 58.2 Å². The highest BCUT2D eigenvalue weighted by Gasteiger charge is 2.43. The van der Waals surface area contributed by atoms with Crippen LogP contribution in [0.1, 0.15) is 53.2 Å². The van der Waals surface area contributed by atoms with Gasteiger partial charge in [-0.05, 0) is 62.0 Å². The number of hydrogen-bond donors (Lipinski definition) is 3. The second-order valence-corrected chi connectivity index (χ2v) is 11.9. The zero-order valence-corrected chi connectivity index (χ0v) is 27.3. The van der Waals surface area contributed by atoms with Gasteiger partial charge in [-0.2, -0.15) is 0 Å². The fraction of sp³-hybridized carbons (Fsp3) is 0.529. The molecule has 0 spiro atoms. The average Bonchev–Trinajstić information content (AvgIpc) is 3.28. The lowest BCUT2D eigenvalue weighted by molar-refractivity contribution is -0.170. The highest BCUT2D eigenvalue weighted by atomic mass is 16.6. The first kappa shape index (κ1) is 35.7. The van der Waals surface area contributed by atoms with Crippen molar-refractivity contribution in [2.75, 3.05) is 33.0 Å². The number of rotatable bonds is 12. The van der Waals surface area contributed by atoms with Crippen molar-refractivity contribution in [2.45, 2.75) is 72.1 Å². The van der Waals surface area contributed by atoms with Gasteiger partial charge in [0.2, 0.25) is 5.91 Å². The number of carbonyl (C=O) groups excluding carboxylic acids is 3. The number of aryl methyl sites for hydroxylation is 1. The highest BCUT2D eigenvalue weighted by Crippen LogP contribution is 2.28. The predicted molar refractivity (Wildman–Crippen MR) is 173 cm³/mol. The standard InChI is InChI=1S/C34H49N5O6/c1-8-26(19-29-23(5)12-13-27(9-2)37-29)14-15-34(20-43-17-18-44-21-34)33(42)45-30(22(3)4)32(41)36-24(6)25(7)39-16-10-11-28(38-39)31(35)40/h8,12-15,19,22,24,28,30,38H,5,7,9-11,16-18,20-21H2,1-4,6H3,(H2,35,40)(H,36,41)/b15-14+,26-8-,29-19+/t24-,28-,30-/m0/s1. The topological polar surface area (TPSA) is 145 Å². The highest BCUT2D eigenvalue weighted by molar-refractivity contribution is 5.87. The van der Waals surface area contributed by atoms with Gasteiger partial charge in [0.1, 0.15) is 11.5 Å². The van der Waals surface area contributed by atoms with Gasteiger partial charge >= 0.3 is 5.97 Å². The van der Waals surface area contributed by atoms with E-state index in [0.29, 0.717) is 31.9 Å². The summed E-state index contributed by atoms with van der Waals surface area (Å²) in [6, 6.07) is 2.88. The van der Waals surface area contributed by atoms with E-state index in [0.717, 1.165) is 34.7 Å². The molecule has 2 amide bonds. The summed E-state index contributed by atoms with van der Waals surface area (Å²) in [5.74, 6) is -1.86. The van der Waals surface area contributed by atoms with E-state index >= 15 is 0 Å². The van der Waals surface area contributed by atoms with Crippen molar-refractivity contribution in [1.82, 2.24) is 20.7 Å². The van der Waals surface area contributed by atoms with Gasteiger partial charge in [-0.3, -0.25) is 19.4 Å². The Morgan fingerprint density at radius 3 is 2.53 bits per heavy atom. The third kappa shape index (κ3) is 9.59. The Labute approximate surface area is 266 Å². The van der Waals surface area contributed by atoms with Crippen molar-refractivity contribution in [1.29, 1.82) is 0 Å². The molecule has 0 saturated carbocycles. The first-order chi connectivity index (χ1) is 21.4. The minimum Gasteiger partial charge on any atom is -0.451 e. The van der Waals surface area contributed by atoms with Gasteiger partial charge in [0.05, 0.1) is 37.8 Å². The lowest BCUT2D eigenvalue weighted by atomic mass is 9.88. The number of aromatic nitrogens is 1. The van der Waals surface area contributed by atoms with Gasteiger partial charge in [-0.15, -0.1) is 0 Å². The number of amides is 2. The van der Waals surface area contributed by atoms with Crippen LogP contribution in [0.15, 0.2) is 48.2 Å². The molecule has 0 unspecified atom stereocenters. The van der Waals surface area contributed by atoms with Gasteiger partial charge in [0, 0.05) is 17.9 Å². The van der Waals surface area contributed by atoms with Crippen LogP contribution in [-0.2, 0) is 35.0 Å². The molecule has 1 aromatic rings. The van der Waals surface area contributed by atoms with Gasteiger partial charge < -0.3 is 30.3 Å². The zero-order valence-electron chi connectivity index (χ0n) is 27.3. The van der Waals surface area contributed by atoms with E-state index in [4.69, 9.17) is 19.9 Å². The Morgan fingerprint density at radius 1 is 1.24 bits per heavy atom. The van der Waals surface area contributed by atoms with Crippen LogP contribution in [0.5, 0.6) is 0 Å². The summed E-state index contributed by atoms with van der Waals surface area (Å²) in [7, 11) is 0. The van der Waals surface area contributed by atoms with Crippen LogP contribution in [0.3, 0.4) is 0 Å². The minimum absolute atomic E-state index is 0.0325. The molecule has 11 nitrogen and oxygen atoms in total. The number of ether oxygens (including phenoxy) is 3. The summed E-state index contributed by atoms with van der Waals surface area (Å²) in [5.41, 5.74) is 9.59. The van der Waals surface area contributed by atoms with E-state index in [-0.39, 0.29) is 19.1 Å². The van der Waals surface area contributed by atoms with E-state index in [1.54, 1.807) is 18.0 Å². The predicted octanol–water partition coefficient (Wildman–Crippen LogP) is 1.41. The largest absolute Gasteiger partial charge is 0.451 e. The third-order valence-electron chi connectivity index (χ3n) is 7.99. The number of carbonyl (C=O) groups is 3. The van der Waals surface area contributed by atoms with Crippen molar-refractivity contribution < 1.29 is 28.6 Å². The number of pyridine rings is 1. The molecular formula is C34H49N5O6. The lowest BCUT2D eigenvalue weighted by Crippen LogP contribution is -2.56. The van der Waals surface area contributed by atoms with E-state index in [9.17, 15) is 14.4 Å². The quantitative estimate of drug-likeness (QED) is 0.233. The van der Waals surface area contributed by atoms with E-state index in [1.165, 1.54) is 0 Å². The molecule has 45 heavy (non-hydrogen) atoms. The second kappa shape index (κ2) is 16.5. The first-order valence-corrected chi connectivity index (χ1v) is 15.6. The first-order valence-electron chi connectivity index (χ1n) is 15.6. The molecule has 0 radical (unpaired) electrons. The maximum atomic E-state index is 13.9. The molecule has 3 heterocycles. The third-order valence-corrected chi connectivity index (χ3v) is 7.99. The molecule has 2 saturated heterocycles. The maximum absolute atomic E-state index is 13.9. The molecule has 2 fully saturated rings. The van der Waals surface area contributed by atoms with Crippen LogP contribution in [0.4, 0.5) is 0 Å². The second-order valence-electron chi connectivity index (χ2n) is 11.9. The lowest BCUT2D eigenvalue weighted by Gasteiger charge is -2.37. The minimum atomic E-state index is -1.28. The number of esters is 1. The summed E-state index contributed by atoms with van der Waals surface area (Å²) >= 11 is 0. The molecule has 0 aliphatic carbocycles. The Kier molecular flexibility index (Phi) is 13.1. The number of hydrazine groups is 1. The average molecular weight is 624 g/mol. The molecule has 11 heteroatoms. The molecule has 0 bridgehead atoms. The van der Waals surface area contributed by atoms with E-state index in [2.05, 4.69) is 28.9 Å². The monoisotopic (exact) mass is 623 g/mol. The van der Waals surface area contributed by atoms with Crippen LogP contribution in [0, 0.1) is 11.3 Å². The fourth-order valence-corrected chi connectivity index (χ4v) is 5.00. The molecule has 0 aromatic carbocycles. The SMILES string of the molecule is C=C([C@H](C)NC(=O)[C@@H](OC(=O)C1(/C=C/C(=C/C)/C=c2/nc(CC)ccc2=C)COCCOC1)C(C)C)N1CCC[C@@H](C(N)=O)N1. The number of nitrogens with zero attached hydrogens (tertiary/aromatic N) is 2. The summed E-state index contributed by atoms with van der Waals surface area (Å²) in [5, 5.41) is 6.19. The summed E-state index contributed by atoms with van der Waals surface area (Å²) < 4.78 is 17.5. The molecule has 1 aromatic heterocycles. The Morgan fingerprint density at radius 2 is 1.93 bits per heavy atom. The van der Waals surface area contributed by atoms with E-state index < -0.39 is 41.4 Å². The van der Waals surface area contributed by atoms with Crippen molar-refractivity contribution in [3.05, 3.63) is 64.5 Å². The number of hydrogen-bond acceptors (Lipinski definition) is 9. The fourth-order valence-electron chi connectivity index (χ4n) is 5.00. The smallest absolute Gasteiger partial charge is 0.321 e. The Hall–Kier alpha value is -3.80. The van der Waals surface area contributed by atoms with Crippen molar-refractivity contribution in [2.24, 2.45) is 17.1 Å². The number of nitrogens with one attached hydrogen (secondary N) is 2. The van der Waals surface area contributed by atoms with Crippen molar-refractivity contribution in [3.8, 4) is 0 Å². The summed E-state index contributed by atoms with van der Waals surface area (Å²) in [6.45, 7) is 18.9. The number of nitrogens with two attached hydrogens (primary N) is 1. The number of primary amides is 1. The Balaban J connectivity index is 1.80. The molecule has 2 aliphatic rings. The van der Waals surface area contributed by atoms with Crippen LogP contribution in [0.25, 0.3) is 12.7 Å². The van der Waals surface area contributed by atoms with Crippen LogP contribution in [-0.4, -0.2) is 78.9 Å². The Bertz CT molecular complexity index is 1400. The summed E-state index contributed by atoms with van der Waals surface area (Å²) in [4.78, 5) is 43.8. The molecule has 246 valence electrons. The molecule has 2 aliphatic heterocycles. The van der Waals surface area contributed by atoms with Gasteiger partial charge in [0.15, 0.2) is 6.10 Å². The van der Waals surface area contributed by atoms with E-state index in [1.807, 2.05) is 58.1 Å². The van der Waals surface area contributed by atoms with Crippen molar-refractivity contribution in [3.63, 3.8) is 0 Å². The summed E-state index contributed by atoms with van der Waals surface area (Å²) in [6.07, 6.45) is 8.46. The normalized spacial score (nSPS) is 20.8. The van der Waals surface area contributed by atoms with Crippen molar-refractivity contribution >= 4 is 30.4 Å². The van der Waals surface area contributed by atoms with Crippen LogP contribution in [0.2, 0.25) is 0 Å². The van der Waals surface area contributed by atoms with Crippen LogP contribution >= 0.6 is 0 Å². The molecule has 4 N–H and O–H groups in total. The maximum Gasteiger partial charge on any atom is 0.321 e. The molecule has 3 atom stereocenters. The zero-order chi connectivity index (χ0) is 33.1. The molecular weight excluding hydrogens is 574 g/mol. The molecule has 3 rings (SSSR count). The van der Waals surface area contributed by atoms with Gasteiger partial charge in [-0.25, -0.2) is 5.43 Å². The number of allylic oxidation sites excluding steroid dienone is 3. The van der Waals surface area contributed by atoms with Gasteiger partial charge in [0.25, 0.3) is 5.91 Å².